The average Bonchev–Trinajstić information content (AvgIpc) is 3.11. The van der Waals surface area contributed by atoms with Crippen LogP contribution in [0.15, 0.2) is 23.1 Å². The molecular formula is C21H33NO4S. The van der Waals surface area contributed by atoms with E-state index < -0.39 is 14.6 Å². The number of amides is 1. The van der Waals surface area contributed by atoms with E-state index in [0.717, 1.165) is 18.4 Å². The van der Waals surface area contributed by atoms with Crippen molar-refractivity contribution >= 4 is 15.7 Å². The molecule has 0 saturated heterocycles. The SMILES string of the molecule is Cc1ccc(C)c(S(=O)(=O)C2(C(=O)NCCCOCC(C)C)CCCC2)c1. The molecule has 1 saturated carbocycles. The standard InChI is InChI=1S/C21H33NO4S/c1-16(2)15-26-13-7-12-22-20(23)21(10-5-6-11-21)27(24,25)19-14-17(3)8-9-18(19)4/h8-9,14,16H,5-7,10-13,15H2,1-4H3,(H,22,23). The lowest BCUT2D eigenvalue weighted by atomic mass is 10.1. The van der Waals surface area contributed by atoms with Gasteiger partial charge in [0.25, 0.3) is 0 Å². The number of nitrogens with one attached hydrogen (secondary N) is 1. The topological polar surface area (TPSA) is 72.5 Å². The fourth-order valence-electron chi connectivity index (χ4n) is 3.63. The van der Waals surface area contributed by atoms with Crippen molar-refractivity contribution in [3.05, 3.63) is 29.3 Å². The molecule has 1 aromatic carbocycles. The summed E-state index contributed by atoms with van der Waals surface area (Å²) in [5.74, 6) is 0.119. The number of aryl methyl sites for hydroxylation is 2. The van der Waals surface area contributed by atoms with Crippen LogP contribution in [0.5, 0.6) is 0 Å². The quantitative estimate of drug-likeness (QED) is 0.649. The lowest BCUT2D eigenvalue weighted by Crippen LogP contribution is -2.51. The van der Waals surface area contributed by atoms with Crippen LogP contribution in [0.1, 0.15) is 57.1 Å². The number of ether oxygens (including phenoxy) is 1. The first kappa shape index (κ1) is 21.9. The summed E-state index contributed by atoms with van der Waals surface area (Å²) in [6, 6.07) is 5.40. The molecule has 0 unspecified atom stereocenters. The Morgan fingerprint density at radius 3 is 2.52 bits per heavy atom. The van der Waals surface area contributed by atoms with Crippen LogP contribution >= 0.6 is 0 Å². The molecule has 0 bridgehead atoms. The van der Waals surface area contributed by atoms with Crippen molar-refractivity contribution < 1.29 is 17.9 Å². The smallest absolute Gasteiger partial charge is 0.241 e. The normalized spacial score (nSPS) is 16.6. The number of rotatable bonds is 9. The van der Waals surface area contributed by atoms with Crippen LogP contribution in [0.25, 0.3) is 0 Å². The van der Waals surface area contributed by atoms with E-state index >= 15 is 0 Å². The molecule has 0 atom stereocenters. The first-order valence-corrected chi connectivity index (χ1v) is 11.4. The van der Waals surface area contributed by atoms with Crippen molar-refractivity contribution in [2.24, 2.45) is 5.92 Å². The third kappa shape index (κ3) is 4.91. The van der Waals surface area contributed by atoms with Crippen LogP contribution in [0.2, 0.25) is 0 Å². The van der Waals surface area contributed by atoms with Gasteiger partial charge in [-0.1, -0.05) is 38.8 Å². The molecule has 2 rings (SSSR count). The van der Waals surface area contributed by atoms with Gasteiger partial charge in [0.1, 0.15) is 0 Å². The summed E-state index contributed by atoms with van der Waals surface area (Å²) in [6.45, 7) is 9.53. The van der Waals surface area contributed by atoms with Crippen LogP contribution in [0.4, 0.5) is 0 Å². The van der Waals surface area contributed by atoms with Gasteiger partial charge in [0.2, 0.25) is 5.91 Å². The Kier molecular flexibility index (Phi) is 7.46. The predicted molar refractivity (Wildman–Crippen MR) is 108 cm³/mol. The molecule has 5 nitrogen and oxygen atoms in total. The fraction of sp³-hybridized carbons (Fsp3) is 0.667. The van der Waals surface area contributed by atoms with E-state index in [9.17, 15) is 13.2 Å². The number of carbonyl (C=O) groups is 1. The van der Waals surface area contributed by atoms with Gasteiger partial charge in [0.15, 0.2) is 14.6 Å². The zero-order valence-electron chi connectivity index (χ0n) is 17.0. The molecule has 1 N–H and O–H groups in total. The molecule has 27 heavy (non-hydrogen) atoms. The van der Waals surface area contributed by atoms with E-state index in [0.29, 0.717) is 55.4 Å². The Bertz CT molecular complexity index is 749. The number of sulfone groups is 1. The summed E-state index contributed by atoms with van der Waals surface area (Å²) in [7, 11) is -3.75. The van der Waals surface area contributed by atoms with Gasteiger partial charge in [0, 0.05) is 19.8 Å². The van der Waals surface area contributed by atoms with Gasteiger partial charge in [-0.05, 0) is 56.2 Å². The van der Waals surface area contributed by atoms with Gasteiger partial charge in [-0.15, -0.1) is 0 Å². The molecule has 152 valence electrons. The Labute approximate surface area is 163 Å². The lowest BCUT2D eigenvalue weighted by molar-refractivity contribution is -0.123. The minimum absolute atomic E-state index is 0.291. The second-order valence-corrected chi connectivity index (χ2v) is 10.3. The number of hydrogen-bond acceptors (Lipinski definition) is 4. The molecule has 6 heteroatoms. The number of benzene rings is 1. The maximum Gasteiger partial charge on any atom is 0.241 e. The molecule has 1 fully saturated rings. The molecule has 1 aromatic rings. The first-order valence-electron chi connectivity index (χ1n) is 9.88. The summed E-state index contributed by atoms with van der Waals surface area (Å²) < 4.78 is 31.2. The van der Waals surface area contributed by atoms with E-state index in [-0.39, 0.29) is 5.91 Å². The first-order chi connectivity index (χ1) is 12.7. The molecule has 0 heterocycles. The Hall–Kier alpha value is -1.40. The summed E-state index contributed by atoms with van der Waals surface area (Å²) in [5, 5.41) is 2.87. The van der Waals surface area contributed by atoms with E-state index in [2.05, 4.69) is 19.2 Å². The van der Waals surface area contributed by atoms with Gasteiger partial charge in [0.05, 0.1) is 4.90 Å². The molecule has 1 aliphatic carbocycles. The maximum absolute atomic E-state index is 13.5. The zero-order valence-corrected chi connectivity index (χ0v) is 17.8. The summed E-state index contributed by atoms with van der Waals surface area (Å²) in [5.41, 5.74) is 1.58. The second kappa shape index (κ2) is 9.20. The highest BCUT2D eigenvalue weighted by Gasteiger charge is 2.53. The van der Waals surface area contributed by atoms with E-state index in [1.807, 2.05) is 19.1 Å². The third-order valence-electron chi connectivity index (χ3n) is 5.17. The average molecular weight is 396 g/mol. The molecule has 0 aliphatic heterocycles. The summed E-state index contributed by atoms with van der Waals surface area (Å²) in [4.78, 5) is 13.3. The van der Waals surface area contributed by atoms with Gasteiger partial charge >= 0.3 is 0 Å². The summed E-state index contributed by atoms with van der Waals surface area (Å²) in [6.07, 6.45) is 2.97. The lowest BCUT2D eigenvalue weighted by Gasteiger charge is -2.28. The Morgan fingerprint density at radius 1 is 1.22 bits per heavy atom. The highest BCUT2D eigenvalue weighted by atomic mass is 32.2. The summed E-state index contributed by atoms with van der Waals surface area (Å²) >= 11 is 0. The largest absolute Gasteiger partial charge is 0.381 e. The molecule has 0 aromatic heterocycles. The van der Waals surface area contributed by atoms with Crippen molar-refractivity contribution in [2.75, 3.05) is 19.8 Å². The van der Waals surface area contributed by atoms with Crippen molar-refractivity contribution in [1.29, 1.82) is 0 Å². The fourth-order valence-corrected chi connectivity index (χ4v) is 6.02. The van der Waals surface area contributed by atoms with Crippen LogP contribution in [0, 0.1) is 19.8 Å². The van der Waals surface area contributed by atoms with Gasteiger partial charge < -0.3 is 10.1 Å². The molecule has 0 spiro atoms. The van der Waals surface area contributed by atoms with Crippen LogP contribution in [0.3, 0.4) is 0 Å². The van der Waals surface area contributed by atoms with Crippen molar-refractivity contribution in [3.8, 4) is 0 Å². The van der Waals surface area contributed by atoms with Crippen LogP contribution in [-0.4, -0.2) is 38.8 Å². The Balaban J connectivity index is 2.12. The van der Waals surface area contributed by atoms with E-state index in [1.165, 1.54) is 0 Å². The molecule has 1 aliphatic rings. The molecular weight excluding hydrogens is 362 g/mol. The second-order valence-electron chi connectivity index (χ2n) is 8.05. The highest BCUT2D eigenvalue weighted by molar-refractivity contribution is 7.93. The van der Waals surface area contributed by atoms with Crippen molar-refractivity contribution in [3.63, 3.8) is 0 Å². The van der Waals surface area contributed by atoms with Gasteiger partial charge in [-0.3, -0.25) is 4.79 Å². The molecule has 1 amide bonds. The predicted octanol–water partition coefficient (Wildman–Crippen LogP) is 3.57. The van der Waals surface area contributed by atoms with Gasteiger partial charge in [-0.2, -0.15) is 0 Å². The Morgan fingerprint density at radius 2 is 1.89 bits per heavy atom. The van der Waals surface area contributed by atoms with Crippen LogP contribution in [-0.2, 0) is 19.4 Å². The van der Waals surface area contributed by atoms with E-state index in [4.69, 9.17) is 4.74 Å². The minimum atomic E-state index is -3.75. The van der Waals surface area contributed by atoms with Crippen LogP contribution < -0.4 is 5.32 Å². The number of hydrogen-bond donors (Lipinski definition) is 1. The highest BCUT2D eigenvalue weighted by Crippen LogP contribution is 2.41. The monoisotopic (exact) mass is 395 g/mol. The van der Waals surface area contributed by atoms with E-state index in [1.54, 1.807) is 13.0 Å². The minimum Gasteiger partial charge on any atom is -0.381 e. The van der Waals surface area contributed by atoms with Gasteiger partial charge in [-0.25, -0.2) is 8.42 Å². The van der Waals surface area contributed by atoms with Crippen molar-refractivity contribution in [1.82, 2.24) is 5.32 Å². The third-order valence-corrected chi connectivity index (χ3v) is 7.82. The molecule has 0 radical (unpaired) electrons. The zero-order chi connectivity index (χ0) is 20.1. The number of carbonyl (C=O) groups excluding carboxylic acids is 1. The maximum atomic E-state index is 13.5. The van der Waals surface area contributed by atoms with Crippen molar-refractivity contribution in [2.45, 2.75) is 69.4 Å².